The van der Waals surface area contributed by atoms with E-state index in [0.717, 1.165) is 4.68 Å². The van der Waals surface area contributed by atoms with Gasteiger partial charge in [-0.3, -0.25) is 9.59 Å². The largest absolute Gasteiger partial charge is 0.453 e. The molecule has 2 unspecified atom stereocenters. The number of hydrogen-bond acceptors (Lipinski definition) is 5. The van der Waals surface area contributed by atoms with Gasteiger partial charge in [-0.25, -0.2) is 22.8 Å². The molecule has 3 rings (SSSR count). The number of hydrogen-bond donors (Lipinski definition) is 2. The summed E-state index contributed by atoms with van der Waals surface area (Å²) >= 11 is 0. The number of nitrogens with zero attached hydrogens (tertiary/aromatic N) is 4. The van der Waals surface area contributed by atoms with Gasteiger partial charge in [0, 0.05) is 32.1 Å². The van der Waals surface area contributed by atoms with E-state index >= 15 is 0 Å². The molecule has 2 heterocycles. The first-order valence-corrected chi connectivity index (χ1v) is 9.81. The zero-order valence-electron chi connectivity index (χ0n) is 17.3. The molecule has 33 heavy (non-hydrogen) atoms. The van der Waals surface area contributed by atoms with Gasteiger partial charge in [0.2, 0.25) is 11.8 Å². The van der Waals surface area contributed by atoms with Gasteiger partial charge < -0.3 is 16.0 Å². The molecule has 0 radical (unpaired) electrons. The van der Waals surface area contributed by atoms with Gasteiger partial charge in [-0.15, -0.1) is 5.10 Å². The van der Waals surface area contributed by atoms with E-state index in [1.54, 1.807) is 0 Å². The lowest BCUT2D eigenvalue weighted by atomic mass is 10.0. The molecule has 0 spiro atoms. The Kier molecular flexibility index (Phi) is 6.95. The van der Waals surface area contributed by atoms with E-state index < -0.39 is 53.4 Å². The van der Waals surface area contributed by atoms with Crippen molar-refractivity contribution in [1.29, 1.82) is 0 Å². The molecule has 2 atom stereocenters. The van der Waals surface area contributed by atoms with Crippen molar-refractivity contribution in [2.75, 3.05) is 13.6 Å². The second kappa shape index (κ2) is 9.37. The number of carbonyl (C=O) groups is 2. The van der Waals surface area contributed by atoms with E-state index in [0.29, 0.717) is 12.1 Å². The molecule has 180 valence electrons. The predicted molar refractivity (Wildman–Crippen MR) is 101 cm³/mol. The van der Waals surface area contributed by atoms with E-state index in [2.05, 4.69) is 15.4 Å². The molecule has 1 aliphatic rings. The summed E-state index contributed by atoms with van der Waals surface area (Å²) in [6.45, 7) is -0.165. The molecule has 14 heteroatoms. The fourth-order valence-corrected chi connectivity index (χ4v) is 3.58. The average Bonchev–Trinajstić information content (AvgIpc) is 3.17. The van der Waals surface area contributed by atoms with Crippen LogP contribution in [0.5, 0.6) is 0 Å². The molecular weight excluding hydrogens is 458 g/mol. The lowest BCUT2D eigenvalue weighted by Crippen LogP contribution is -2.46. The number of halogens is 6. The van der Waals surface area contributed by atoms with E-state index in [9.17, 15) is 35.9 Å². The van der Waals surface area contributed by atoms with E-state index in [-0.39, 0.29) is 43.7 Å². The monoisotopic (exact) mass is 478 g/mol. The van der Waals surface area contributed by atoms with Gasteiger partial charge in [0.1, 0.15) is 11.9 Å². The maximum Gasteiger partial charge on any atom is 0.453 e. The summed E-state index contributed by atoms with van der Waals surface area (Å²) in [7, 11) is 1.33. The Labute approximate surface area is 183 Å². The number of nitrogens with one attached hydrogen (secondary N) is 1. The minimum Gasteiger partial charge on any atom is -0.359 e. The Hall–Kier alpha value is -3.16. The number of rotatable bonds is 6. The van der Waals surface area contributed by atoms with Crippen molar-refractivity contribution in [1.82, 2.24) is 25.0 Å². The highest BCUT2D eigenvalue weighted by Crippen LogP contribution is 2.32. The number of fused-ring (bicyclic) bond motifs is 1. The fraction of sp³-hybridized carbons (Fsp3) is 0.474. The molecule has 2 amide bonds. The van der Waals surface area contributed by atoms with Crippen LogP contribution in [0.4, 0.5) is 26.3 Å². The van der Waals surface area contributed by atoms with Crippen LogP contribution in [0, 0.1) is 17.5 Å². The van der Waals surface area contributed by atoms with Crippen molar-refractivity contribution in [3.8, 4) is 0 Å². The Morgan fingerprint density at radius 3 is 2.48 bits per heavy atom. The summed E-state index contributed by atoms with van der Waals surface area (Å²) < 4.78 is 80.5. The van der Waals surface area contributed by atoms with Crippen LogP contribution >= 0.6 is 0 Å². The SMILES string of the molecule is CNC(=O)CC1c2nc(C(F)(F)F)nn2CCN1C(=O)CC(N)Cc1cc(F)c(F)cc1F. The molecule has 0 fully saturated rings. The maximum absolute atomic E-state index is 13.9. The van der Waals surface area contributed by atoms with Crippen LogP contribution in [-0.4, -0.2) is 51.1 Å². The van der Waals surface area contributed by atoms with Gasteiger partial charge in [-0.2, -0.15) is 13.2 Å². The standard InChI is InChI=1S/C19H20F6N6O2/c1-27-15(32)8-14-17-28-18(19(23,24)25)29-31(17)3-2-30(14)16(33)6-10(26)4-9-5-12(21)13(22)7-11(9)20/h5,7,10,14H,2-4,6,8,26H2,1H3,(H,27,32). The molecule has 0 aliphatic carbocycles. The van der Waals surface area contributed by atoms with E-state index in [1.807, 2.05) is 0 Å². The topological polar surface area (TPSA) is 106 Å². The van der Waals surface area contributed by atoms with Gasteiger partial charge in [-0.1, -0.05) is 0 Å². The number of amides is 2. The molecule has 1 aromatic heterocycles. The predicted octanol–water partition coefficient (Wildman–Crippen LogP) is 1.69. The average molecular weight is 478 g/mol. The normalized spacial score (nSPS) is 17.0. The number of benzene rings is 1. The van der Waals surface area contributed by atoms with Crippen molar-refractivity contribution in [3.05, 3.63) is 46.8 Å². The summed E-state index contributed by atoms with van der Waals surface area (Å²) in [4.78, 5) is 29.5. The summed E-state index contributed by atoms with van der Waals surface area (Å²) in [5.41, 5.74) is 5.68. The first-order valence-electron chi connectivity index (χ1n) is 9.81. The first-order chi connectivity index (χ1) is 15.4. The minimum atomic E-state index is -4.81. The number of aromatic nitrogens is 3. The van der Waals surface area contributed by atoms with Crippen molar-refractivity contribution >= 4 is 11.8 Å². The molecule has 2 aromatic rings. The molecule has 0 bridgehead atoms. The third kappa shape index (κ3) is 5.43. The Bertz CT molecular complexity index is 1060. The van der Waals surface area contributed by atoms with Crippen LogP contribution in [0.3, 0.4) is 0 Å². The molecule has 0 saturated heterocycles. The van der Waals surface area contributed by atoms with Crippen LogP contribution in [0.1, 0.15) is 36.1 Å². The fourth-order valence-electron chi connectivity index (χ4n) is 3.58. The summed E-state index contributed by atoms with van der Waals surface area (Å²) in [6.07, 6.45) is -5.86. The number of carbonyl (C=O) groups excluding carboxylic acids is 2. The Balaban J connectivity index is 1.80. The third-order valence-electron chi connectivity index (χ3n) is 5.17. The van der Waals surface area contributed by atoms with Gasteiger partial charge >= 0.3 is 6.18 Å². The van der Waals surface area contributed by atoms with Gasteiger partial charge in [0.05, 0.1) is 13.0 Å². The van der Waals surface area contributed by atoms with Crippen LogP contribution in [0.2, 0.25) is 0 Å². The quantitative estimate of drug-likeness (QED) is 0.486. The van der Waals surface area contributed by atoms with E-state index in [1.165, 1.54) is 11.9 Å². The van der Waals surface area contributed by atoms with Crippen molar-refractivity contribution in [3.63, 3.8) is 0 Å². The Morgan fingerprint density at radius 2 is 1.85 bits per heavy atom. The molecule has 8 nitrogen and oxygen atoms in total. The first kappa shape index (κ1) is 24.5. The third-order valence-corrected chi connectivity index (χ3v) is 5.17. The highest BCUT2D eigenvalue weighted by molar-refractivity contribution is 5.80. The minimum absolute atomic E-state index is 0.0690. The summed E-state index contributed by atoms with van der Waals surface area (Å²) in [6, 6.07) is -1.13. The molecule has 3 N–H and O–H groups in total. The molecular formula is C19H20F6N6O2. The summed E-state index contributed by atoms with van der Waals surface area (Å²) in [5.74, 6) is -6.43. The van der Waals surface area contributed by atoms with Gasteiger partial charge in [0.15, 0.2) is 17.5 Å². The molecule has 0 saturated carbocycles. The lowest BCUT2D eigenvalue weighted by Gasteiger charge is -2.35. The van der Waals surface area contributed by atoms with Crippen molar-refractivity contribution in [2.24, 2.45) is 5.73 Å². The van der Waals surface area contributed by atoms with Crippen LogP contribution in [0.25, 0.3) is 0 Å². The van der Waals surface area contributed by atoms with Crippen LogP contribution < -0.4 is 11.1 Å². The smallest absolute Gasteiger partial charge is 0.359 e. The highest BCUT2D eigenvalue weighted by Gasteiger charge is 2.41. The second-order valence-electron chi connectivity index (χ2n) is 7.52. The van der Waals surface area contributed by atoms with Gasteiger partial charge in [0.25, 0.3) is 5.82 Å². The Morgan fingerprint density at radius 1 is 1.18 bits per heavy atom. The molecule has 1 aromatic carbocycles. The van der Waals surface area contributed by atoms with Crippen LogP contribution in [-0.2, 0) is 28.7 Å². The summed E-state index contributed by atoms with van der Waals surface area (Å²) in [5, 5.41) is 5.76. The number of nitrogens with two attached hydrogens (primary N) is 1. The van der Waals surface area contributed by atoms with Gasteiger partial charge in [-0.05, 0) is 18.1 Å². The second-order valence-corrected chi connectivity index (χ2v) is 7.52. The van der Waals surface area contributed by atoms with Crippen molar-refractivity contribution in [2.45, 2.75) is 44.1 Å². The number of alkyl halides is 3. The molecule has 1 aliphatic heterocycles. The van der Waals surface area contributed by atoms with E-state index in [4.69, 9.17) is 5.73 Å². The van der Waals surface area contributed by atoms with Crippen molar-refractivity contribution < 1.29 is 35.9 Å². The maximum atomic E-state index is 13.9. The van der Waals surface area contributed by atoms with Crippen LogP contribution in [0.15, 0.2) is 12.1 Å². The zero-order chi connectivity index (χ0) is 24.5. The zero-order valence-corrected chi connectivity index (χ0v) is 17.3. The lowest BCUT2D eigenvalue weighted by molar-refractivity contribution is -0.145. The highest BCUT2D eigenvalue weighted by atomic mass is 19.4.